The Labute approximate surface area is 194 Å². The Balaban J connectivity index is 1.64. The fourth-order valence-corrected chi connectivity index (χ4v) is 3.90. The monoisotopic (exact) mass is 470 g/mol. The number of ether oxygens (including phenoxy) is 2. The zero-order valence-corrected chi connectivity index (χ0v) is 18.8. The van der Waals surface area contributed by atoms with E-state index in [1.165, 1.54) is 19.3 Å². The lowest BCUT2D eigenvalue weighted by Gasteiger charge is -2.12. The quantitative estimate of drug-likeness (QED) is 0.534. The van der Waals surface area contributed by atoms with E-state index in [9.17, 15) is 19.2 Å². The number of hydrogen-bond acceptors (Lipinski definition) is 7. The summed E-state index contributed by atoms with van der Waals surface area (Å²) in [6.07, 6.45) is 1.50. The van der Waals surface area contributed by atoms with Crippen molar-refractivity contribution in [2.24, 2.45) is 0 Å². The molecule has 1 aliphatic rings. The van der Waals surface area contributed by atoms with Crippen LogP contribution in [0.3, 0.4) is 0 Å². The van der Waals surface area contributed by atoms with E-state index < -0.39 is 23.7 Å². The summed E-state index contributed by atoms with van der Waals surface area (Å²) in [6.45, 7) is 1.35. The Morgan fingerprint density at radius 3 is 2.64 bits per heavy atom. The molecule has 172 valence electrons. The average molecular weight is 471 g/mol. The fourth-order valence-electron chi connectivity index (χ4n) is 3.04. The van der Waals surface area contributed by atoms with Gasteiger partial charge in [-0.25, -0.2) is 4.79 Å². The highest BCUT2D eigenvalue weighted by Crippen LogP contribution is 2.34. The number of nitrogens with one attached hydrogen (secondary N) is 1. The van der Waals surface area contributed by atoms with Crippen molar-refractivity contribution in [2.45, 2.75) is 13.3 Å². The van der Waals surface area contributed by atoms with Gasteiger partial charge in [0.2, 0.25) is 5.91 Å². The van der Waals surface area contributed by atoms with Crippen molar-refractivity contribution in [3.63, 3.8) is 0 Å². The van der Waals surface area contributed by atoms with E-state index in [-0.39, 0.29) is 35.3 Å². The molecule has 1 saturated heterocycles. The van der Waals surface area contributed by atoms with Crippen LogP contribution < -0.4 is 14.8 Å². The summed E-state index contributed by atoms with van der Waals surface area (Å²) >= 11 is 0.783. The van der Waals surface area contributed by atoms with Crippen LogP contribution in [0.5, 0.6) is 11.5 Å². The van der Waals surface area contributed by atoms with Gasteiger partial charge in [-0.15, -0.1) is 0 Å². The van der Waals surface area contributed by atoms with E-state index in [0.717, 1.165) is 22.2 Å². The predicted molar refractivity (Wildman–Crippen MR) is 123 cm³/mol. The number of amides is 3. The number of hydrogen-bond donors (Lipinski definition) is 2. The van der Waals surface area contributed by atoms with Gasteiger partial charge in [-0.1, -0.05) is 18.2 Å². The molecule has 2 N–H and O–H groups in total. The van der Waals surface area contributed by atoms with Crippen molar-refractivity contribution in [2.75, 3.05) is 25.6 Å². The minimum Gasteiger partial charge on any atom is -0.493 e. The zero-order valence-electron chi connectivity index (χ0n) is 18.0. The Kier molecular flexibility index (Phi) is 7.73. The third kappa shape index (κ3) is 6.36. The molecule has 2 aromatic carbocycles. The second kappa shape index (κ2) is 10.7. The molecule has 3 amide bonds. The first-order chi connectivity index (χ1) is 15.8. The summed E-state index contributed by atoms with van der Waals surface area (Å²) in [4.78, 5) is 49.2. The lowest BCUT2D eigenvalue weighted by atomic mass is 10.2. The van der Waals surface area contributed by atoms with Gasteiger partial charge in [-0.05, 0) is 60.2 Å². The van der Waals surface area contributed by atoms with Crippen molar-refractivity contribution in [1.82, 2.24) is 4.90 Å². The van der Waals surface area contributed by atoms with Crippen molar-refractivity contribution in [1.29, 1.82) is 0 Å². The summed E-state index contributed by atoms with van der Waals surface area (Å²) in [5.41, 5.74) is 2.22. The van der Waals surface area contributed by atoms with E-state index in [1.54, 1.807) is 18.2 Å². The summed E-state index contributed by atoms with van der Waals surface area (Å²) in [7, 11) is 1.41. The normalized spacial score (nSPS) is 14.5. The first kappa shape index (κ1) is 23.9. The topological polar surface area (TPSA) is 122 Å². The molecule has 3 rings (SSSR count). The molecule has 0 radical (unpaired) electrons. The molecule has 33 heavy (non-hydrogen) atoms. The number of anilines is 1. The fraction of sp³-hybridized carbons (Fsp3) is 0.217. The van der Waals surface area contributed by atoms with Crippen LogP contribution in [0.1, 0.15) is 17.5 Å². The minimum absolute atomic E-state index is 0.0251. The molecule has 2 aromatic rings. The van der Waals surface area contributed by atoms with E-state index in [2.05, 4.69) is 5.32 Å². The first-order valence-electron chi connectivity index (χ1n) is 9.91. The first-order valence-corrected chi connectivity index (χ1v) is 10.7. The average Bonchev–Trinajstić information content (AvgIpc) is 3.03. The molecule has 0 aromatic heterocycles. The van der Waals surface area contributed by atoms with Crippen LogP contribution in [0.2, 0.25) is 0 Å². The van der Waals surface area contributed by atoms with Gasteiger partial charge in [0.15, 0.2) is 18.1 Å². The molecule has 9 nitrogen and oxygen atoms in total. The van der Waals surface area contributed by atoms with Crippen LogP contribution in [0.25, 0.3) is 6.08 Å². The molecule has 0 aliphatic carbocycles. The number of rotatable bonds is 9. The number of carbonyl (C=O) groups excluding carboxylic acids is 3. The maximum absolute atomic E-state index is 12.7. The molecule has 0 atom stereocenters. The van der Waals surface area contributed by atoms with E-state index in [4.69, 9.17) is 14.6 Å². The van der Waals surface area contributed by atoms with Crippen LogP contribution in [0, 0.1) is 6.92 Å². The number of aliphatic carboxylic acids is 1. The molecule has 10 heteroatoms. The van der Waals surface area contributed by atoms with Gasteiger partial charge in [0, 0.05) is 18.7 Å². The molecule has 1 heterocycles. The van der Waals surface area contributed by atoms with E-state index in [0.29, 0.717) is 11.3 Å². The van der Waals surface area contributed by atoms with Crippen molar-refractivity contribution in [3.8, 4) is 11.5 Å². The Morgan fingerprint density at radius 1 is 1.15 bits per heavy atom. The van der Waals surface area contributed by atoms with Crippen molar-refractivity contribution < 1.29 is 33.8 Å². The number of carboxylic acid groups (broad SMARTS) is 1. The number of nitrogens with zero attached hydrogens (tertiary/aromatic N) is 1. The van der Waals surface area contributed by atoms with Crippen LogP contribution in [0.4, 0.5) is 10.5 Å². The highest BCUT2D eigenvalue weighted by atomic mass is 32.2. The lowest BCUT2D eigenvalue weighted by molar-refractivity contribution is -0.139. The number of carboxylic acids is 1. The number of thioether (sulfide) groups is 1. The second-order valence-corrected chi connectivity index (χ2v) is 8.09. The highest BCUT2D eigenvalue weighted by Gasteiger charge is 2.35. The third-order valence-corrected chi connectivity index (χ3v) is 5.48. The predicted octanol–water partition coefficient (Wildman–Crippen LogP) is 3.53. The number of methoxy groups -OCH3 is 1. The number of benzene rings is 2. The zero-order chi connectivity index (χ0) is 24.0. The number of aryl methyl sites for hydroxylation is 1. The Bertz CT molecular complexity index is 1130. The van der Waals surface area contributed by atoms with Crippen LogP contribution in [-0.2, 0) is 14.4 Å². The van der Waals surface area contributed by atoms with E-state index >= 15 is 0 Å². The molecular weight excluding hydrogens is 448 g/mol. The molecule has 0 saturated carbocycles. The van der Waals surface area contributed by atoms with Gasteiger partial charge in [0.05, 0.1) is 12.0 Å². The molecule has 1 fully saturated rings. The second-order valence-electron chi connectivity index (χ2n) is 7.09. The Hall–Kier alpha value is -3.79. The number of carbonyl (C=O) groups is 4. The van der Waals surface area contributed by atoms with Gasteiger partial charge < -0.3 is 19.9 Å². The molecule has 1 aliphatic heterocycles. The van der Waals surface area contributed by atoms with Crippen LogP contribution in [0.15, 0.2) is 47.4 Å². The standard InChI is InChI=1S/C23H22N2O7S/c1-14-4-3-5-16(10-14)24-20(26)8-9-25-22(29)19(33-23(25)30)12-15-6-7-17(18(11-15)31-2)32-13-21(27)28/h3-7,10-12H,8-9,13H2,1-2H3,(H,24,26)(H,27,28). The van der Waals surface area contributed by atoms with Crippen molar-refractivity contribution >= 4 is 46.5 Å². The van der Waals surface area contributed by atoms with Crippen molar-refractivity contribution in [3.05, 3.63) is 58.5 Å². The molecular formula is C23H22N2O7S. The smallest absolute Gasteiger partial charge is 0.341 e. The minimum atomic E-state index is -1.12. The Morgan fingerprint density at radius 2 is 1.94 bits per heavy atom. The number of imide groups is 1. The summed E-state index contributed by atoms with van der Waals surface area (Å²) in [5.74, 6) is -1.38. The van der Waals surface area contributed by atoms with Crippen LogP contribution in [-0.4, -0.2) is 53.3 Å². The van der Waals surface area contributed by atoms with Gasteiger partial charge in [0.1, 0.15) is 0 Å². The highest BCUT2D eigenvalue weighted by molar-refractivity contribution is 8.18. The summed E-state index contributed by atoms with van der Waals surface area (Å²) in [6, 6.07) is 12.0. The summed E-state index contributed by atoms with van der Waals surface area (Å²) in [5, 5.41) is 11.0. The summed E-state index contributed by atoms with van der Waals surface area (Å²) < 4.78 is 10.4. The molecule has 0 bridgehead atoms. The molecule has 0 unspecified atom stereocenters. The maximum Gasteiger partial charge on any atom is 0.341 e. The van der Waals surface area contributed by atoms with Gasteiger partial charge in [-0.2, -0.15) is 0 Å². The van der Waals surface area contributed by atoms with Gasteiger partial charge in [0.25, 0.3) is 11.1 Å². The van der Waals surface area contributed by atoms with E-state index in [1.807, 2.05) is 25.1 Å². The third-order valence-electron chi connectivity index (χ3n) is 4.57. The van der Waals surface area contributed by atoms with Gasteiger partial charge >= 0.3 is 5.97 Å². The molecule has 0 spiro atoms. The SMILES string of the molecule is COc1cc(C=C2SC(=O)N(CCC(=O)Nc3cccc(C)c3)C2=O)ccc1OCC(=O)O. The lowest BCUT2D eigenvalue weighted by Crippen LogP contribution is -2.31. The largest absolute Gasteiger partial charge is 0.493 e. The maximum atomic E-state index is 12.7. The van der Waals surface area contributed by atoms with Crippen LogP contribution >= 0.6 is 11.8 Å². The van der Waals surface area contributed by atoms with Gasteiger partial charge in [-0.3, -0.25) is 19.3 Å².